The third kappa shape index (κ3) is 6.06. The molecule has 2 N–H and O–H groups in total. The number of piperazine rings is 1. The summed E-state index contributed by atoms with van der Waals surface area (Å²) in [6, 6.07) is 14.3. The summed E-state index contributed by atoms with van der Waals surface area (Å²) in [7, 11) is 3.81. The number of benzene rings is 2. The second-order valence-electron chi connectivity index (χ2n) is 11.2. The van der Waals surface area contributed by atoms with E-state index in [1.165, 1.54) is 28.1 Å². The van der Waals surface area contributed by atoms with Gasteiger partial charge in [-0.1, -0.05) is 36.9 Å². The largest absolute Gasteiger partial charge is 0.394 e. The molecule has 0 bridgehead atoms. The van der Waals surface area contributed by atoms with E-state index >= 15 is 0 Å². The van der Waals surface area contributed by atoms with Crippen molar-refractivity contribution in [3.8, 4) is 0 Å². The van der Waals surface area contributed by atoms with E-state index in [-0.39, 0.29) is 18.4 Å². The molecule has 0 radical (unpaired) electrons. The first-order valence-corrected chi connectivity index (χ1v) is 14.3. The van der Waals surface area contributed by atoms with E-state index in [0.29, 0.717) is 45.0 Å². The van der Waals surface area contributed by atoms with E-state index in [1.807, 2.05) is 30.0 Å². The van der Waals surface area contributed by atoms with Gasteiger partial charge in [-0.15, -0.1) is 0 Å². The third-order valence-electron chi connectivity index (χ3n) is 8.07. The number of aromatic nitrogens is 1. The highest BCUT2D eigenvalue weighted by Crippen LogP contribution is 2.35. The standard InChI is InChI=1S/C32H40N6O3/c1-5-30(40)37-16-14-36(15-17-37)29-18-26(32(41)33-24(21-39)19-35(3)4)34-27-20-38(13-12-25(27)29)28-11-7-10-23-9-6-8-22(2)31(23)28/h5-11,18,24,39H,1,12-17,19-21H2,2-4H3,(H,33,41)/t24-/m1/s1. The van der Waals surface area contributed by atoms with Gasteiger partial charge in [-0.2, -0.15) is 0 Å². The summed E-state index contributed by atoms with van der Waals surface area (Å²) in [4.78, 5) is 38.9. The molecule has 1 atom stereocenters. The molecule has 5 rings (SSSR count). The van der Waals surface area contributed by atoms with E-state index in [0.717, 1.165) is 29.9 Å². The summed E-state index contributed by atoms with van der Waals surface area (Å²) >= 11 is 0. The molecule has 216 valence electrons. The van der Waals surface area contributed by atoms with Crippen molar-refractivity contribution in [1.82, 2.24) is 20.1 Å². The van der Waals surface area contributed by atoms with Crippen molar-refractivity contribution in [2.45, 2.75) is 25.9 Å². The fourth-order valence-corrected chi connectivity index (χ4v) is 6.04. The van der Waals surface area contributed by atoms with E-state index < -0.39 is 6.04 Å². The van der Waals surface area contributed by atoms with Gasteiger partial charge in [0.15, 0.2) is 0 Å². The maximum Gasteiger partial charge on any atom is 0.270 e. The minimum atomic E-state index is -0.401. The maximum atomic E-state index is 13.5. The quantitative estimate of drug-likeness (QED) is 0.412. The molecule has 2 amide bonds. The highest BCUT2D eigenvalue weighted by Gasteiger charge is 2.29. The summed E-state index contributed by atoms with van der Waals surface area (Å²) in [6.07, 6.45) is 2.16. The highest BCUT2D eigenvalue weighted by molar-refractivity contribution is 5.97. The Balaban J connectivity index is 1.49. The van der Waals surface area contributed by atoms with Crippen LogP contribution in [-0.2, 0) is 17.8 Å². The SMILES string of the molecule is C=CC(=O)N1CCN(c2cc(C(=O)N[C@@H](CO)CN(C)C)nc3c2CCN(c2cccc4cccc(C)c24)C3)CC1. The number of rotatable bonds is 8. The predicted octanol–water partition coefficient (Wildman–Crippen LogP) is 2.59. The number of pyridine rings is 1. The van der Waals surface area contributed by atoms with Gasteiger partial charge in [-0.3, -0.25) is 9.59 Å². The first-order chi connectivity index (χ1) is 19.8. The summed E-state index contributed by atoms with van der Waals surface area (Å²) in [5.74, 6) is -0.355. The lowest BCUT2D eigenvalue weighted by Crippen LogP contribution is -2.49. The molecule has 0 spiro atoms. The molecule has 9 heteroatoms. The molecule has 0 saturated carbocycles. The maximum absolute atomic E-state index is 13.5. The van der Waals surface area contributed by atoms with E-state index in [9.17, 15) is 14.7 Å². The zero-order valence-electron chi connectivity index (χ0n) is 24.3. The molecule has 1 aromatic heterocycles. The molecule has 0 aliphatic carbocycles. The first kappa shape index (κ1) is 28.6. The van der Waals surface area contributed by atoms with Crippen LogP contribution in [-0.4, -0.2) is 97.7 Å². The van der Waals surface area contributed by atoms with Crippen molar-refractivity contribution in [1.29, 1.82) is 0 Å². The Kier molecular flexibility index (Phi) is 8.56. The average molecular weight is 557 g/mol. The van der Waals surface area contributed by atoms with Gasteiger partial charge in [0, 0.05) is 61.6 Å². The zero-order valence-corrected chi connectivity index (χ0v) is 24.3. The van der Waals surface area contributed by atoms with Crippen LogP contribution in [0.3, 0.4) is 0 Å². The third-order valence-corrected chi connectivity index (χ3v) is 8.07. The van der Waals surface area contributed by atoms with Crippen molar-refractivity contribution in [3.63, 3.8) is 0 Å². The normalized spacial score (nSPS) is 16.1. The number of hydrogen-bond acceptors (Lipinski definition) is 7. The number of fused-ring (bicyclic) bond motifs is 2. The summed E-state index contributed by atoms with van der Waals surface area (Å²) in [5.41, 5.74) is 5.80. The number of likely N-dealkylation sites (N-methyl/N-ethyl adjacent to an activating group) is 1. The second-order valence-corrected chi connectivity index (χ2v) is 11.2. The zero-order chi connectivity index (χ0) is 29.1. The minimum absolute atomic E-state index is 0.0570. The number of nitrogens with one attached hydrogen (secondary N) is 1. The van der Waals surface area contributed by atoms with E-state index in [4.69, 9.17) is 4.98 Å². The lowest BCUT2D eigenvalue weighted by atomic mass is 9.97. The van der Waals surface area contributed by atoms with Crippen molar-refractivity contribution >= 4 is 34.0 Å². The number of aliphatic hydroxyl groups is 1. The van der Waals surface area contributed by atoms with Gasteiger partial charge in [0.05, 0.1) is 24.9 Å². The van der Waals surface area contributed by atoms with Gasteiger partial charge in [-0.05, 0) is 56.6 Å². The Bertz CT molecular complexity index is 1440. The van der Waals surface area contributed by atoms with Crippen molar-refractivity contribution in [2.75, 3.05) is 69.8 Å². The van der Waals surface area contributed by atoms with Gasteiger partial charge >= 0.3 is 0 Å². The first-order valence-electron chi connectivity index (χ1n) is 14.3. The van der Waals surface area contributed by atoms with Gasteiger partial charge in [-0.25, -0.2) is 4.98 Å². The number of hydrogen-bond donors (Lipinski definition) is 2. The summed E-state index contributed by atoms with van der Waals surface area (Å²) in [6.45, 7) is 10.1. The fourth-order valence-electron chi connectivity index (χ4n) is 6.04. The Morgan fingerprint density at radius 3 is 2.49 bits per heavy atom. The van der Waals surface area contributed by atoms with Gasteiger partial charge in [0.2, 0.25) is 5.91 Å². The molecule has 1 saturated heterocycles. The van der Waals surface area contributed by atoms with E-state index in [1.54, 1.807) is 0 Å². The Hall–Kier alpha value is -3.95. The Labute approximate surface area is 242 Å². The molecule has 2 aromatic carbocycles. The smallest absolute Gasteiger partial charge is 0.270 e. The molecule has 41 heavy (non-hydrogen) atoms. The molecule has 0 unspecified atom stereocenters. The molecule has 3 aromatic rings. The number of aryl methyl sites for hydroxylation is 1. The van der Waals surface area contributed by atoms with Gasteiger partial charge < -0.3 is 30.0 Å². The molecule has 1 fully saturated rings. The van der Waals surface area contributed by atoms with Crippen LogP contribution in [0.15, 0.2) is 55.1 Å². The number of aliphatic hydroxyl groups excluding tert-OH is 1. The molecule has 3 heterocycles. The Morgan fingerprint density at radius 1 is 1.07 bits per heavy atom. The second kappa shape index (κ2) is 12.3. The predicted molar refractivity (Wildman–Crippen MR) is 164 cm³/mol. The minimum Gasteiger partial charge on any atom is -0.394 e. The van der Waals surface area contributed by atoms with Crippen LogP contribution < -0.4 is 15.1 Å². The molecule has 2 aliphatic heterocycles. The molecule has 2 aliphatic rings. The van der Waals surface area contributed by atoms with Crippen molar-refractivity contribution < 1.29 is 14.7 Å². The highest BCUT2D eigenvalue weighted by atomic mass is 16.3. The van der Waals surface area contributed by atoms with Crippen LogP contribution in [0.5, 0.6) is 0 Å². The van der Waals surface area contributed by atoms with Crippen molar-refractivity contribution in [3.05, 3.63) is 77.6 Å². The lowest BCUT2D eigenvalue weighted by molar-refractivity contribution is -0.126. The molecular formula is C32H40N6O3. The van der Waals surface area contributed by atoms with Gasteiger partial charge in [0.1, 0.15) is 5.69 Å². The van der Waals surface area contributed by atoms with Crippen LogP contribution in [0, 0.1) is 6.92 Å². The summed E-state index contributed by atoms with van der Waals surface area (Å²) in [5, 5.41) is 15.3. The van der Waals surface area contributed by atoms with Crippen LogP contribution in [0.4, 0.5) is 11.4 Å². The average Bonchev–Trinajstić information content (AvgIpc) is 2.99. The molecular weight excluding hydrogens is 516 g/mol. The Morgan fingerprint density at radius 2 is 1.80 bits per heavy atom. The number of carbonyl (C=O) groups is 2. The number of nitrogens with zero attached hydrogens (tertiary/aromatic N) is 5. The van der Waals surface area contributed by atoms with Crippen molar-refractivity contribution in [2.24, 2.45) is 0 Å². The lowest BCUT2D eigenvalue weighted by Gasteiger charge is -2.39. The van der Waals surface area contributed by atoms with E-state index in [2.05, 4.69) is 65.0 Å². The topological polar surface area (TPSA) is 92.2 Å². The number of amides is 2. The van der Waals surface area contributed by atoms with Crippen LogP contribution >= 0.6 is 0 Å². The summed E-state index contributed by atoms with van der Waals surface area (Å²) < 4.78 is 0. The fraction of sp³-hybridized carbons (Fsp3) is 0.406. The molecule has 9 nitrogen and oxygen atoms in total. The van der Waals surface area contributed by atoms with Gasteiger partial charge in [0.25, 0.3) is 5.91 Å². The monoisotopic (exact) mass is 556 g/mol. The van der Waals surface area contributed by atoms with Crippen LogP contribution in [0.25, 0.3) is 10.8 Å². The number of carbonyl (C=O) groups excluding carboxylic acids is 2. The number of anilines is 2. The van der Waals surface area contributed by atoms with Crippen LogP contribution in [0.2, 0.25) is 0 Å². The van der Waals surface area contributed by atoms with Crippen LogP contribution in [0.1, 0.15) is 27.3 Å².